The molecule has 1 heterocycles. The van der Waals surface area contributed by atoms with E-state index >= 15 is 0 Å². The molecule has 0 aliphatic carbocycles. The van der Waals surface area contributed by atoms with Crippen molar-refractivity contribution in [3.8, 4) is 11.1 Å². The lowest BCUT2D eigenvalue weighted by molar-refractivity contribution is 1.18. The number of aryl methyl sites for hydroxylation is 1. The van der Waals surface area contributed by atoms with Crippen molar-refractivity contribution in [2.24, 2.45) is 0 Å². The average Bonchev–Trinajstić information content (AvgIpc) is 2.98. The van der Waals surface area contributed by atoms with E-state index in [1.54, 1.807) is 11.3 Å². The van der Waals surface area contributed by atoms with E-state index in [2.05, 4.69) is 82.1 Å². The number of halogens is 1. The lowest BCUT2D eigenvalue weighted by Gasteiger charge is -2.08. The summed E-state index contributed by atoms with van der Waals surface area (Å²) in [6, 6.07) is 19.1. The SMILES string of the molecule is Cc1ccc(Br)cc1NCc1cc(-c2ccccc2)cs1. The molecule has 0 atom stereocenters. The molecular formula is C18H16BrNS. The third kappa shape index (κ3) is 3.55. The van der Waals surface area contributed by atoms with E-state index in [9.17, 15) is 0 Å². The molecule has 0 bridgehead atoms. The first-order valence-corrected chi connectivity index (χ1v) is 8.52. The van der Waals surface area contributed by atoms with Crippen LogP contribution in [0, 0.1) is 6.92 Å². The summed E-state index contributed by atoms with van der Waals surface area (Å²) in [5.74, 6) is 0. The molecule has 0 spiro atoms. The van der Waals surface area contributed by atoms with Crippen molar-refractivity contribution in [3.05, 3.63) is 74.9 Å². The van der Waals surface area contributed by atoms with Gasteiger partial charge in [-0.1, -0.05) is 52.3 Å². The molecule has 0 unspecified atom stereocenters. The Kier molecular flexibility index (Phi) is 4.42. The molecule has 3 heteroatoms. The number of hydrogen-bond acceptors (Lipinski definition) is 2. The van der Waals surface area contributed by atoms with Gasteiger partial charge in [-0.15, -0.1) is 11.3 Å². The summed E-state index contributed by atoms with van der Waals surface area (Å²) in [4.78, 5) is 1.34. The standard InChI is InChI=1S/C18H16BrNS/c1-13-7-8-16(19)10-18(13)20-11-17-9-15(12-21-17)14-5-3-2-4-6-14/h2-10,12,20H,11H2,1H3. The summed E-state index contributed by atoms with van der Waals surface area (Å²) >= 11 is 5.32. The van der Waals surface area contributed by atoms with Gasteiger partial charge in [0.25, 0.3) is 0 Å². The van der Waals surface area contributed by atoms with Crippen LogP contribution in [-0.4, -0.2) is 0 Å². The highest BCUT2D eigenvalue weighted by atomic mass is 79.9. The van der Waals surface area contributed by atoms with Crippen LogP contribution in [-0.2, 0) is 6.54 Å². The van der Waals surface area contributed by atoms with Crippen molar-refractivity contribution in [3.63, 3.8) is 0 Å². The summed E-state index contributed by atoms with van der Waals surface area (Å²) in [7, 11) is 0. The Labute approximate surface area is 137 Å². The van der Waals surface area contributed by atoms with Crippen molar-refractivity contribution >= 4 is 33.0 Å². The molecule has 2 aromatic carbocycles. The highest BCUT2D eigenvalue weighted by molar-refractivity contribution is 9.10. The molecule has 106 valence electrons. The van der Waals surface area contributed by atoms with Gasteiger partial charge in [0.2, 0.25) is 0 Å². The first-order valence-electron chi connectivity index (χ1n) is 6.85. The maximum Gasteiger partial charge on any atom is 0.0494 e. The summed E-state index contributed by atoms with van der Waals surface area (Å²) in [5.41, 5.74) is 5.01. The van der Waals surface area contributed by atoms with Crippen LogP contribution < -0.4 is 5.32 Å². The zero-order chi connectivity index (χ0) is 14.7. The number of benzene rings is 2. The van der Waals surface area contributed by atoms with Gasteiger partial charge in [-0.05, 0) is 47.2 Å². The van der Waals surface area contributed by atoms with Gasteiger partial charge < -0.3 is 5.32 Å². The van der Waals surface area contributed by atoms with Crippen LogP contribution in [0.2, 0.25) is 0 Å². The van der Waals surface area contributed by atoms with Gasteiger partial charge in [-0.25, -0.2) is 0 Å². The highest BCUT2D eigenvalue weighted by Gasteiger charge is 2.03. The summed E-state index contributed by atoms with van der Waals surface area (Å²) in [6.45, 7) is 2.98. The molecule has 0 saturated carbocycles. The molecule has 0 radical (unpaired) electrons. The van der Waals surface area contributed by atoms with Gasteiger partial charge in [0.1, 0.15) is 0 Å². The zero-order valence-electron chi connectivity index (χ0n) is 11.8. The number of hydrogen-bond donors (Lipinski definition) is 1. The van der Waals surface area contributed by atoms with Crippen molar-refractivity contribution < 1.29 is 0 Å². The Bertz CT molecular complexity index is 734. The summed E-state index contributed by atoms with van der Waals surface area (Å²) in [5, 5.41) is 5.74. The predicted molar refractivity (Wildman–Crippen MR) is 96.0 cm³/mol. The minimum Gasteiger partial charge on any atom is -0.380 e. The Morgan fingerprint density at radius 1 is 1.00 bits per heavy atom. The van der Waals surface area contributed by atoms with Gasteiger partial charge in [-0.2, -0.15) is 0 Å². The summed E-state index contributed by atoms with van der Waals surface area (Å²) in [6.07, 6.45) is 0. The zero-order valence-corrected chi connectivity index (χ0v) is 14.2. The van der Waals surface area contributed by atoms with Gasteiger partial charge in [-0.3, -0.25) is 0 Å². The monoisotopic (exact) mass is 357 g/mol. The van der Waals surface area contributed by atoms with E-state index < -0.39 is 0 Å². The third-order valence-corrected chi connectivity index (χ3v) is 4.84. The van der Waals surface area contributed by atoms with Crippen molar-refractivity contribution in [2.45, 2.75) is 13.5 Å². The van der Waals surface area contributed by atoms with Gasteiger partial charge in [0.05, 0.1) is 0 Å². The second-order valence-electron chi connectivity index (χ2n) is 4.98. The largest absolute Gasteiger partial charge is 0.380 e. The van der Waals surface area contributed by atoms with E-state index in [0.717, 1.165) is 11.0 Å². The van der Waals surface area contributed by atoms with Crippen LogP contribution in [0.25, 0.3) is 11.1 Å². The maximum atomic E-state index is 3.52. The molecule has 1 aromatic heterocycles. The molecular weight excluding hydrogens is 342 g/mol. The minimum atomic E-state index is 0.856. The fourth-order valence-electron chi connectivity index (χ4n) is 2.22. The number of anilines is 1. The fourth-order valence-corrected chi connectivity index (χ4v) is 3.42. The number of nitrogens with one attached hydrogen (secondary N) is 1. The molecule has 0 saturated heterocycles. The van der Waals surface area contributed by atoms with Crippen molar-refractivity contribution in [2.75, 3.05) is 5.32 Å². The van der Waals surface area contributed by atoms with E-state index in [0.29, 0.717) is 0 Å². The third-order valence-electron chi connectivity index (χ3n) is 3.41. The molecule has 21 heavy (non-hydrogen) atoms. The summed E-state index contributed by atoms with van der Waals surface area (Å²) < 4.78 is 1.10. The first kappa shape index (κ1) is 14.4. The first-order chi connectivity index (χ1) is 10.2. The van der Waals surface area contributed by atoms with E-state index in [4.69, 9.17) is 0 Å². The molecule has 0 amide bonds. The van der Waals surface area contributed by atoms with Crippen molar-refractivity contribution in [1.82, 2.24) is 0 Å². The molecule has 3 rings (SSSR count). The quantitative estimate of drug-likeness (QED) is 0.594. The number of thiophene rings is 1. The lowest BCUT2D eigenvalue weighted by atomic mass is 10.1. The molecule has 0 aliphatic rings. The Morgan fingerprint density at radius 3 is 2.62 bits per heavy atom. The van der Waals surface area contributed by atoms with Crippen LogP contribution in [0.15, 0.2) is 64.5 Å². The second-order valence-corrected chi connectivity index (χ2v) is 6.89. The van der Waals surface area contributed by atoms with Crippen LogP contribution >= 0.6 is 27.3 Å². The number of rotatable bonds is 4. The van der Waals surface area contributed by atoms with E-state index in [1.165, 1.54) is 27.3 Å². The Balaban J connectivity index is 1.72. The smallest absolute Gasteiger partial charge is 0.0494 e. The lowest BCUT2D eigenvalue weighted by Crippen LogP contribution is -1.99. The minimum absolute atomic E-state index is 0.856. The van der Waals surface area contributed by atoms with Crippen LogP contribution in [0.1, 0.15) is 10.4 Å². The van der Waals surface area contributed by atoms with Crippen molar-refractivity contribution in [1.29, 1.82) is 0 Å². The van der Waals surface area contributed by atoms with E-state index in [1.807, 2.05) is 6.07 Å². The Hall–Kier alpha value is -1.58. The normalized spacial score (nSPS) is 10.6. The fraction of sp³-hybridized carbons (Fsp3) is 0.111. The van der Waals surface area contributed by atoms with E-state index in [-0.39, 0.29) is 0 Å². The molecule has 0 aliphatic heterocycles. The average molecular weight is 358 g/mol. The van der Waals surface area contributed by atoms with Gasteiger partial charge in [0, 0.05) is 21.6 Å². The van der Waals surface area contributed by atoms with Crippen LogP contribution in [0.4, 0.5) is 5.69 Å². The Morgan fingerprint density at radius 2 is 1.81 bits per heavy atom. The molecule has 1 N–H and O–H groups in total. The van der Waals surface area contributed by atoms with Crippen LogP contribution in [0.5, 0.6) is 0 Å². The molecule has 0 fully saturated rings. The predicted octanol–water partition coefficient (Wildman–Crippen LogP) is 6.10. The van der Waals surface area contributed by atoms with Crippen LogP contribution in [0.3, 0.4) is 0 Å². The topological polar surface area (TPSA) is 12.0 Å². The van der Waals surface area contributed by atoms with Gasteiger partial charge in [0.15, 0.2) is 0 Å². The molecule has 1 nitrogen and oxygen atoms in total. The van der Waals surface area contributed by atoms with Gasteiger partial charge >= 0.3 is 0 Å². The second kappa shape index (κ2) is 6.46. The molecule has 3 aromatic rings. The maximum absolute atomic E-state index is 3.52. The highest BCUT2D eigenvalue weighted by Crippen LogP contribution is 2.27.